The maximum atomic E-state index is 9.71. The molecule has 124 valence electrons. The summed E-state index contributed by atoms with van der Waals surface area (Å²) in [5.41, 5.74) is 0.357. The summed E-state index contributed by atoms with van der Waals surface area (Å²) in [6.45, 7) is 11.9. The van der Waals surface area contributed by atoms with Gasteiger partial charge in [-0.05, 0) is 46.6 Å². The summed E-state index contributed by atoms with van der Waals surface area (Å²) in [6, 6.07) is 0.347. The highest BCUT2D eigenvalue weighted by Gasteiger charge is 2.38. The van der Waals surface area contributed by atoms with Gasteiger partial charge in [-0.2, -0.15) is 0 Å². The number of aliphatic hydroxyl groups is 1. The molecule has 2 atom stereocenters. The van der Waals surface area contributed by atoms with E-state index in [0.717, 1.165) is 45.7 Å². The van der Waals surface area contributed by atoms with Crippen molar-refractivity contribution in [1.29, 1.82) is 0 Å². The third kappa shape index (κ3) is 5.20. The molecule has 2 unspecified atom stereocenters. The average Bonchev–Trinajstić information content (AvgIpc) is 2.76. The lowest BCUT2D eigenvalue weighted by Crippen LogP contribution is -2.51. The number of aliphatic hydroxyl groups excluding tert-OH is 1. The second kappa shape index (κ2) is 7.40. The molecule has 2 fully saturated rings. The first kappa shape index (κ1) is 17.2. The molecular weight excluding hydrogens is 264 g/mol. The topological polar surface area (TPSA) is 44.7 Å². The molecule has 0 amide bonds. The molecule has 2 saturated heterocycles. The fourth-order valence-corrected chi connectivity index (χ4v) is 3.50. The lowest BCUT2D eigenvalue weighted by atomic mass is 9.85. The minimum absolute atomic E-state index is 0.144. The molecule has 0 spiro atoms. The van der Waals surface area contributed by atoms with Gasteiger partial charge in [0.15, 0.2) is 0 Å². The maximum absolute atomic E-state index is 9.71. The van der Waals surface area contributed by atoms with Crippen LogP contribution in [0.1, 0.15) is 52.9 Å². The van der Waals surface area contributed by atoms with Gasteiger partial charge in [0, 0.05) is 36.7 Å². The van der Waals surface area contributed by atoms with Crippen molar-refractivity contribution in [3.63, 3.8) is 0 Å². The van der Waals surface area contributed by atoms with E-state index in [0.29, 0.717) is 12.6 Å². The second-order valence-corrected chi connectivity index (χ2v) is 8.06. The van der Waals surface area contributed by atoms with Crippen molar-refractivity contribution in [2.45, 2.75) is 64.5 Å². The van der Waals surface area contributed by atoms with Crippen molar-refractivity contribution >= 4 is 0 Å². The SMILES string of the molecule is CC(C)(C)NCC1(CN2CCCCCC2CO)CCOC1. The molecule has 0 aromatic rings. The van der Waals surface area contributed by atoms with E-state index in [1.165, 1.54) is 19.3 Å². The van der Waals surface area contributed by atoms with Crippen LogP contribution in [-0.4, -0.2) is 61.0 Å². The molecule has 2 N–H and O–H groups in total. The summed E-state index contributed by atoms with van der Waals surface area (Å²) in [5.74, 6) is 0. The summed E-state index contributed by atoms with van der Waals surface area (Å²) < 4.78 is 5.74. The van der Waals surface area contributed by atoms with Gasteiger partial charge >= 0.3 is 0 Å². The molecule has 0 radical (unpaired) electrons. The Morgan fingerprint density at radius 3 is 2.71 bits per heavy atom. The van der Waals surface area contributed by atoms with Gasteiger partial charge in [-0.25, -0.2) is 0 Å². The van der Waals surface area contributed by atoms with Crippen LogP contribution in [0.25, 0.3) is 0 Å². The van der Waals surface area contributed by atoms with Crippen molar-refractivity contribution in [2.75, 3.05) is 39.5 Å². The molecule has 2 aliphatic heterocycles. The van der Waals surface area contributed by atoms with Crippen LogP contribution in [0.3, 0.4) is 0 Å². The van der Waals surface area contributed by atoms with Crippen LogP contribution in [0.15, 0.2) is 0 Å². The zero-order valence-electron chi connectivity index (χ0n) is 14.2. The monoisotopic (exact) mass is 298 g/mol. The molecule has 2 aliphatic rings. The summed E-state index contributed by atoms with van der Waals surface area (Å²) in [5, 5.41) is 13.4. The number of hydrogen-bond acceptors (Lipinski definition) is 4. The number of nitrogens with one attached hydrogen (secondary N) is 1. The van der Waals surface area contributed by atoms with Crippen LogP contribution in [0.4, 0.5) is 0 Å². The second-order valence-electron chi connectivity index (χ2n) is 8.06. The van der Waals surface area contributed by atoms with Crippen LogP contribution in [0, 0.1) is 5.41 Å². The van der Waals surface area contributed by atoms with Crippen LogP contribution in [0.5, 0.6) is 0 Å². The number of rotatable bonds is 5. The molecule has 2 heterocycles. The molecule has 21 heavy (non-hydrogen) atoms. The van der Waals surface area contributed by atoms with E-state index >= 15 is 0 Å². The first-order valence-corrected chi connectivity index (χ1v) is 8.62. The third-order valence-electron chi connectivity index (χ3n) is 4.93. The van der Waals surface area contributed by atoms with Gasteiger partial charge in [-0.1, -0.05) is 12.8 Å². The molecule has 0 saturated carbocycles. The van der Waals surface area contributed by atoms with Crippen molar-refractivity contribution in [1.82, 2.24) is 10.2 Å². The molecule has 0 aromatic carbocycles. The van der Waals surface area contributed by atoms with E-state index in [1.807, 2.05) is 0 Å². The number of nitrogens with zero attached hydrogens (tertiary/aromatic N) is 1. The zero-order chi connectivity index (χ0) is 15.3. The van der Waals surface area contributed by atoms with E-state index in [9.17, 15) is 5.11 Å². The predicted octanol–water partition coefficient (Wildman–Crippen LogP) is 2.02. The van der Waals surface area contributed by atoms with E-state index in [2.05, 4.69) is 31.0 Å². The first-order chi connectivity index (χ1) is 9.94. The van der Waals surface area contributed by atoms with Gasteiger partial charge in [-0.15, -0.1) is 0 Å². The fraction of sp³-hybridized carbons (Fsp3) is 1.00. The van der Waals surface area contributed by atoms with Gasteiger partial charge in [0.05, 0.1) is 13.2 Å². The lowest BCUT2D eigenvalue weighted by molar-refractivity contribution is 0.0592. The summed E-state index contributed by atoms with van der Waals surface area (Å²) in [6.07, 6.45) is 6.09. The average molecular weight is 298 g/mol. The smallest absolute Gasteiger partial charge is 0.0586 e. The van der Waals surface area contributed by atoms with E-state index in [1.54, 1.807) is 0 Å². The molecule has 4 heteroatoms. The first-order valence-electron chi connectivity index (χ1n) is 8.62. The highest BCUT2D eigenvalue weighted by Crippen LogP contribution is 2.32. The number of ether oxygens (including phenoxy) is 1. The summed E-state index contributed by atoms with van der Waals surface area (Å²) in [4.78, 5) is 2.53. The van der Waals surface area contributed by atoms with Crippen molar-refractivity contribution in [2.24, 2.45) is 5.41 Å². The van der Waals surface area contributed by atoms with E-state index in [4.69, 9.17) is 4.74 Å². The normalized spacial score (nSPS) is 32.3. The third-order valence-corrected chi connectivity index (χ3v) is 4.93. The van der Waals surface area contributed by atoms with Crippen molar-refractivity contribution in [3.05, 3.63) is 0 Å². The van der Waals surface area contributed by atoms with Gasteiger partial charge in [0.2, 0.25) is 0 Å². The minimum atomic E-state index is 0.144. The molecule has 2 rings (SSSR count). The molecule has 0 aliphatic carbocycles. The van der Waals surface area contributed by atoms with E-state index in [-0.39, 0.29) is 11.0 Å². The number of likely N-dealkylation sites (tertiary alicyclic amines) is 1. The Hall–Kier alpha value is -0.160. The van der Waals surface area contributed by atoms with Crippen LogP contribution in [0.2, 0.25) is 0 Å². The van der Waals surface area contributed by atoms with Crippen LogP contribution < -0.4 is 5.32 Å². The summed E-state index contributed by atoms with van der Waals surface area (Å²) in [7, 11) is 0. The largest absolute Gasteiger partial charge is 0.395 e. The Morgan fingerprint density at radius 2 is 2.10 bits per heavy atom. The lowest BCUT2D eigenvalue weighted by Gasteiger charge is -2.39. The molecule has 0 aromatic heterocycles. The van der Waals surface area contributed by atoms with Gasteiger partial charge in [0.25, 0.3) is 0 Å². The number of hydrogen-bond donors (Lipinski definition) is 2. The van der Waals surface area contributed by atoms with Gasteiger partial charge < -0.3 is 15.2 Å². The summed E-state index contributed by atoms with van der Waals surface area (Å²) >= 11 is 0. The minimum Gasteiger partial charge on any atom is -0.395 e. The van der Waals surface area contributed by atoms with Crippen molar-refractivity contribution in [3.8, 4) is 0 Å². The zero-order valence-corrected chi connectivity index (χ0v) is 14.2. The standard InChI is InChI=1S/C17H34N2O2/c1-16(2,3)18-12-17(8-10-21-14-17)13-19-9-6-4-5-7-15(19)11-20/h15,18,20H,4-14H2,1-3H3. The fourth-order valence-electron chi connectivity index (χ4n) is 3.50. The molecule has 4 nitrogen and oxygen atoms in total. The Labute approximate surface area is 130 Å². The van der Waals surface area contributed by atoms with Crippen molar-refractivity contribution < 1.29 is 9.84 Å². The Kier molecular flexibility index (Phi) is 6.06. The Balaban J connectivity index is 2.00. The highest BCUT2D eigenvalue weighted by atomic mass is 16.5. The van der Waals surface area contributed by atoms with Crippen LogP contribution in [-0.2, 0) is 4.74 Å². The quantitative estimate of drug-likeness (QED) is 0.815. The Bertz CT molecular complexity index is 308. The molecule has 0 bridgehead atoms. The van der Waals surface area contributed by atoms with Gasteiger partial charge in [0.1, 0.15) is 0 Å². The van der Waals surface area contributed by atoms with Crippen LogP contribution >= 0.6 is 0 Å². The Morgan fingerprint density at radius 1 is 1.29 bits per heavy atom. The molecular formula is C17H34N2O2. The van der Waals surface area contributed by atoms with E-state index < -0.39 is 0 Å². The maximum Gasteiger partial charge on any atom is 0.0586 e. The van der Waals surface area contributed by atoms with Gasteiger partial charge in [-0.3, -0.25) is 4.90 Å². The highest BCUT2D eigenvalue weighted by molar-refractivity contribution is 4.92. The predicted molar refractivity (Wildman–Crippen MR) is 86.5 cm³/mol.